The van der Waals surface area contributed by atoms with Gasteiger partial charge in [0.05, 0.1) is 7.11 Å². The molecule has 0 radical (unpaired) electrons. The monoisotopic (exact) mass is 217 g/mol. The summed E-state index contributed by atoms with van der Waals surface area (Å²) in [6.07, 6.45) is 4.71. The molecular weight excluding hydrogens is 206 g/mol. The summed E-state index contributed by atoms with van der Waals surface area (Å²) in [6, 6.07) is 5.45. The Bertz CT molecular complexity index is 421. The number of nitriles is 1. The first-order valence-corrected chi connectivity index (χ1v) is 4.58. The Labute approximate surface area is 93.4 Å². The summed E-state index contributed by atoms with van der Waals surface area (Å²) in [7, 11) is 1.23. The maximum atomic E-state index is 11.0. The van der Waals surface area contributed by atoms with E-state index in [1.165, 1.54) is 13.3 Å². The molecule has 0 amide bonds. The van der Waals surface area contributed by atoms with Crippen molar-refractivity contribution in [3.05, 3.63) is 41.9 Å². The van der Waals surface area contributed by atoms with Gasteiger partial charge in [0.25, 0.3) is 0 Å². The van der Waals surface area contributed by atoms with Gasteiger partial charge in [-0.3, -0.25) is 4.98 Å². The number of hydrogen-bond donors (Lipinski definition) is 1. The molecule has 0 fully saturated rings. The van der Waals surface area contributed by atoms with Gasteiger partial charge < -0.3 is 10.1 Å². The minimum Gasteiger partial charge on any atom is -0.465 e. The predicted octanol–water partition coefficient (Wildman–Crippen LogP) is 0.752. The molecule has 0 aliphatic rings. The molecule has 0 aromatic carbocycles. The van der Waals surface area contributed by atoms with Crippen molar-refractivity contribution in [2.75, 3.05) is 7.11 Å². The van der Waals surface area contributed by atoms with Crippen LogP contribution in [0.4, 0.5) is 0 Å². The number of aromatic nitrogens is 1. The van der Waals surface area contributed by atoms with Gasteiger partial charge in [-0.2, -0.15) is 5.26 Å². The van der Waals surface area contributed by atoms with Crippen molar-refractivity contribution in [2.24, 2.45) is 0 Å². The van der Waals surface area contributed by atoms with Crippen LogP contribution in [0, 0.1) is 11.3 Å². The first-order chi connectivity index (χ1) is 7.77. The fourth-order valence-corrected chi connectivity index (χ4v) is 1.02. The van der Waals surface area contributed by atoms with Gasteiger partial charge in [-0.1, -0.05) is 6.07 Å². The van der Waals surface area contributed by atoms with Gasteiger partial charge in [0.1, 0.15) is 6.07 Å². The van der Waals surface area contributed by atoms with Gasteiger partial charge in [0.2, 0.25) is 0 Å². The Morgan fingerprint density at radius 3 is 3.12 bits per heavy atom. The number of rotatable bonds is 4. The van der Waals surface area contributed by atoms with Crippen LogP contribution in [-0.4, -0.2) is 18.1 Å². The maximum absolute atomic E-state index is 11.0. The van der Waals surface area contributed by atoms with Crippen molar-refractivity contribution in [3.63, 3.8) is 0 Å². The molecule has 16 heavy (non-hydrogen) atoms. The number of nitrogens with one attached hydrogen (secondary N) is 1. The van der Waals surface area contributed by atoms with Gasteiger partial charge in [-0.05, 0) is 11.6 Å². The molecule has 1 aromatic heterocycles. The second kappa shape index (κ2) is 6.19. The van der Waals surface area contributed by atoms with Gasteiger partial charge >= 0.3 is 5.97 Å². The molecule has 0 saturated heterocycles. The zero-order chi connectivity index (χ0) is 11.8. The highest BCUT2D eigenvalue weighted by Gasteiger charge is 2.07. The van der Waals surface area contributed by atoms with E-state index in [1.807, 2.05) is 12.1 Å². The maximum Gasteiger partial charge on any atom is 0.350 e. The van der Waals surface area contributed by atoms with Crippen LogP contribution in [-0.2, 0) is 16.1 Å². The average molecular weight is 217 g/mol. The highest BCUT2D eigenvalue weighted by atomic mass is 16.5. The second-order valence-electron chi connectivity index (χ2n) is 2.90. The van der Waals surface area contributed by atoms with Gasteiger partial charge in [-0.15, -0.1) is 0 Å². The van der Waals surface area contributed by atoms with Crippen LogP contribution in [0.2, 0.25) is 0 Å². The normalized spacial score (nSPS) is 10.4. The van der Waals surface area contributed by atoms with Crippen molar-refractivity contribution in [1.82, 2.24) is 10.3 Å². The van der Waals surface area contributed by atoms with Crippen LogP contribution in [0.5, 0.6) is 0 Å². The summed E-state index contributed by atoms with van der Waals surface area (Å²) in [5, 5.41) is 11.5. The molecule has 0 spiro atoms. The fraction of sp³-hybridized carbons (Fsp3) is 0.182. The predicted molar refractivity (Wildman–Crippen MR) is 56.8 cm³/mol. The molecule has 0 unspecified atom stereocenters. The lowest BCUT2D eigenvalue weighted by Crippen LogP contribution is -2.10. The van der Waals surface area contributed by atoms with Crippen molar-refractivity contribution >= 4 is 5.97 Å². The van der Waals surface area contributed by atoms with E-state index in [1.54, 1.807) is 18.5 Å². The summed E-state index contributed by atoms with van der Waals surface area (Å²) in [4.78, 5) is 15.0. The third-order valence-corrected chi connectivity index (χ3v) is 1.80. The Balaban J connectivity index is 2.54. The van der Waals surface area contributed by atoms with Crippen molar-refractivity contribution in [3.8, 4) is 6.07 Å². The lowest BCUT2D eigenvalue weighted by Gasteiger charge is -2.01. The number of nitrogens with zero attached hydrogens (tertiary/aromatic N) is 2. The zero-order valence-electron chi connectivity index (χ0n) is 8.80. The number of esters is 1. The lowest BCUT2D eigenvalue weighted by molar-refractivity contribution is -0.135. The highest BCUT2D eigenvalue weighted by Crippen LogP contribution is 1.97. The van der Waals surface area contributed by atoms with E-state index in [0.29, 0.717) is 6.54 Å². The number of methoxy groups -OCH3 is 1. The minimum absolute atomic E-state index is 0.0635. The van der Waals surface area contributed by atoms with E-state index < -0.39 is 5.97 Å². The molecule has 82 valence electrons. The first-order valence-electron chi connectivity index (χ1n) is 4.58. The van der Waals surface area contributed by atoms with Crippen molar-refractivity contribution in [1.29, 1.82) is 5.26 Å². The molecule has 0 saturated carbocycles. The number of carbonyl (C=O) groups is 1. The smallest absolute Gasteiger partial charge is 0.350 e. The summed E-state index contributed by atoms with van der Waals surface area (Å²) in [5.41, 5.74) is 0.896. The number of hydrogen-bond acceptors (Lipinski definition) is 5. The molecule has 1 heterocycles. The standard InChI is InChI=1S/C11H11N3O2/c1-16-11(15)10(5-12)8-14-7-9-3-2-4-13-6-9/h2-4,6,8,14H,7H2,1H3. The Kier molecular flexibility index (Phi) is 4.54. The summed E-state index contributed by atoms with van der Waals surface area (Å²) < 4.78 is 4.42. The molecular formula is C11H11N3O2. The van der Waals surface area contributed by atoms with E-state index in [9.17, 15) is 4.79 Å². The molecule has 1 rings (SSSR count). The summed E-state index contributed by atoms with van der Waals surface area (Å²) in [5.74, 6) is -0.652. The minimum atomic E-state index is -0.652. The summed E-state index contributed by atoms with van der Waals surface area (Å²) >= 11 is 0. The van der Waals surface area contributed by atoms with Gasteiger partial charge in [0, 0.05) is 25.1 Å². The Hall–Kier alpha value is -2.35. The van der Waals surface area contributed by atoms with E-state index >= 15 is 0 Å². The third kappa shape index (κ3) is 3.42. The molecule has 5 nitrogen and oxygen atoms in total. The van der Waals surface area contributed by atoms with Crippen molar-refractivity contribution in [2.45, 2.75) is 6.54 Å². The number of ether oxygens (including phenoxy) is 1. The molecule has 1 N–H and O–H groups in total. The third-order valence-electron chi connectivity index (χ3n) is 1.80. The van der Waals surface area contributed by atoms with Crippen LogP contribution in [0.25, 0.3) is 0 Å². The highest BCUT2D eigenvalue weighted by molar-refractivity contribution is 5.92. The SMILES string of the molecule is COC(=O)C(C#N)=CNCc1cccnc1. The van der Waals surface area contributed by atoms with Gasteiger partial charge in [-0.25, -0.2) is 4.79 Å². The second-order valence-corrected chi connectivity index (χ2v) is 2.90. The van der Waals surface area contributed by atoms with Crippen LogP contribution in [0.3, 0.4) is 0 Å². The van der Waals surface area contributed by atoms with Crippen LogP contribution in [0.15, 0.2) is 36.3 Å². The van der Waals surface area contributed by atoms with E-state index in [4.69, 9.17) is 5.26 Å². The average Bonchev–Trinajstić information content (AvgIpc) is 2.35. The molecule has 0 atom stereocenters. The van der Waals surface area contributed by atoms with E-state index in [0.717, 1.165) is 5.56 Å². The number of carbonyl (C=O) groups excluding carboxylic acids is 1. The quantitative estimate of drug-likeness (QED) is 0.457. The fourth-order valence-electron chi connectivity index (χ4n) is 1.02. The molecule has 5 heteroatoms. The van der Waals surface area contributed by atoms with E-state index in [-0.39, 0.29) is 5.57 Å². The molecule has 0 aliphatic carbocycles. The van der Waals surface area contributed by atoms with Crippen LogP contribution >= 0.6 is 0 Å². The molecule has 0 aliphatic heterocycles. The topological polar surface area (TPSA) is 75.0 Å². The molecule has 1 aromatic rings. The van der Waals surface area contributed by atoms with Gasteiger partial charge in [0.15, 0.2) is 5.57 Å². The van der Waals surface area contributed by atoms with Crippen LogP contribution in [0.1, 0.15) is 5.56 Å². The van der Waals surface area contributed by atoms with Crippen molar-refractivity contribution < 1.29 is 9.53 Å². The Morgan fingerprint density at radius 1 is 1.75 bits per heavy atom. The Morgan fingerprint density at radius 2 is 2.56 bits per heavy atom. The number of pyridine rings is 1. The summed E-state index contributed by atoms with van der Waals surface area (Å²) in [6.45, 7) is 0.496. The first kappa shape index (κ1) is 11.7. The van der Waals surface area contributed by atoms with Crippen LogP contribution < -0.4 is 5.32 Å². The zero-order valence-corrected chi connectivity index (χ0v) is 8.80. The van der Waals surface area contributed by atoms with E-state index in [2.05, 4.69) is 15.0 Å². The largest absolute Gasteiger partial charge is 0.465 e. The lowest BCUT2D eigenvalue weighted by atomic mass is 10.3. The molecule has 0 bridgehead atoms.